The van der Waals surface area contributed by atoms with E-state index < -0.39 is 0 Å². The smallest absolute Gasteiger partial charge is 0.227 e. The van der Waals surface area contributed by atoms with Gasteiger partial charge in [0, 0.05) is 36.6 Å². The van der Waals surface area contributed by atoms with E-state index in [1.807, 2.05) is 37.6 Å². The molecular formula is C15H21N3O2S. The number of hydrogen-bond donors (Lipinski definition) is 2. The van der Waals surface area contributed by atoms with Gasteiger partial charge in [-0.15, -0.1) is 11.8 Å². The van der Waals surface area contributed by atoms with Crippen LogP contribution in [-0.2, 0) is 9.59 Å². The van der Waals surface area contributed by atoms with Gasteiger partial charge in [-0.25, -0.2) is 0 Å². The molecule has 1 heterocycles. The van der Waals surface area contributed by atoms with Gasteiger partial charge in [0.1, 0.15) is 0 Å². The quantitative estimate of drug-likeness (QED) is 0.610. The van der Waals surface area contributed by atoms with Crippen LogP contribution in [0.15, 0.2) is 29.2 Å². The van der Waals surface area contributed by atoms with Crippen molar-refractivity contribution >= 4 is 29.3 Å². The van der Waals surface area contributed by atoms with Crippen molar-refractivity contribution in [3.8, 4) is 0 Å². The minimum atomic E-state index is -0.255. The number of nitrogens with zero attached hydrogens (tertiary/aromatic N) is 1. The SMILES string of the molecule is CNCCNC(=O)C1CC(=O)N(c2ccc(SC)cc2)C1. The van der Waals surface area contributed by atoms with Gasteiger partial charge in [-0.2, -0.15) is 0 Å². The Bertz CT molecular complexity index is 504. The fourth-order valence-corrected chi connectivity index (χ4v) is 2.76. The normalized spacial score (nSPS) is 18.1. The number of amides is 2. The molecule has 1 saturated heterocycles. The number of carbonyl (C=O) groups is 2. The molecule has 1 unspecified atom stereocenters. The molecule has 2 amide bonds. The maximum absolute atomic E-state index is 12.1. The summed E-state index contributed by atoms with van der Waals surface area (Å²) < 4.78 is 0. The van der Waals surface area contributed by atoms with Gasteiger partial charge in [0.25, 0.3) is 0 Å². The molecule has 0 bridgehead atoms. The highest BCUT2D eigenvalue weighted by molar-refractivity contribution is 7.98. The van der Waals surface area contributed by atoms with E-state index in [-0.39, 0.29) is 24.2 Å². The third kappa shape index (κ3) is 3.98. The molecule has 2 rings (SSSR count). The van der Waals surface area contributed by atoms with Gasteiger partial charge in [0.15, 0.2) is 0 Å². The number of thioether (sulfide) groups is 1. The lowest BCUT2D eigenvalue weighted by atomic mass is 10.1. The van der Waals surface area contributed by atoms with E-state index in [2.05, 4.69) is 10.6 Å². The van der Waals surface area contributed by atoms with Crippen molar-refractivity contribution in [3.05, 3.63) is 24.3 Å². The third-order valence-electron chi connectivity index (χ3n) is 3.55. The Kier molecular flexibility index (Phi) is 5.64. The summed E-state index contributed by atoms with van der Waals surface area (Å²) in [5.74, 6) is -0.280. The number of carbonyl (C=O) groups excluding carboxylic acids is 2. The average Bonchev–Trinajstić information content (AvgIpc) is 2.89. The fourth-order valence-electron chi connectivity index (χ4n) is 2.35. The first kappa shape index (κ1) is 15.9. The van der Waals surface area contributed by atoms with Crippen LogP contribution in [0, 0.1) is 5.92 Å². The van der Waals surface area contributed by atoms with Gasteiger partial charge in [-0.1, -0.05) is 0 Å². The molecule has 6 heteroatoms. The first-order valence-corrected chi connectivity index (χ1v) is 8.25. The second-order valence-electron chi connectivity index (χ2n) is 5.00. The number of likely N-dealkylation sites (N-methyl/N-ethyl adjacent to an activating group) is 1. The van der Waals surface area contributed by atoms with Crippen molar-refractivity contribution in [1.29, 1.82) is 0 Å². The van der Waals surface area contributed by atoms with E-state index in [9.17, 15) is 9.59 Å². The molecule has 1 fully saturated rings. The third-order valence-corrected chi connectivity index (χ3v) is 4.30. The molecule has 1 aromatic carbocycles. The van der Waals surface area contributed by atoms with Crippen LogP contribution in [0.4, 0.5) is 5.69 Å². The van der Waals surface area contributed by atoms with Crippen LogP contribution < -0.4 is 15.5 Å². The van der Waals surface area contributed by atoms with Gasteiger partial charge in [0.2, 0.25) is 11.8 Å². The number of hydrogen-bond acceptors (Lipinski definition) is 4. The summed E-state index contributed by atoms with van der Waals surface area (Å²) in [5, 5.41) is 5.83. The maximum Gasteiger partial charge on any atom is 0.227 e. The summed E-state index contributed by atoms with van der Waals surface area (Å²) in [7, 11) is 1.84. The monoisotopic (exact) mass is 307 g/mol. The van der Waals surface area contributed by atoms with Gasteiger partial charge in [-0.3, -0.25) is 9.59 Å². The Morgan fingerprint density at radius 3 is 2.67 bits per heavy atom. The lowest BCUT2D eigenvalue weighted by Crippen LogP contribution is -2.36. The predicted molar refractivity (Wildman–Crippen MR) is 85.6 cm³/mol. The molecule has 1 aromatic rings. The highest BCUT2D eigenvalue weighted by Crippen LogP contribution is 2.27. The van der Waals surface area contributed by atoms with Crippen LogP contribution in [0.5, 0.6) is 0 Å². The maximum atomic E-state index is 12.1. The van der Waals surface area contributed by atoms with Gasteiger partial charge in [-0.05, 0) is 37.6 Å². The lowest BCUT2D eigenvalue weighted by Gasteiger charge is -2.17. The summed E-state index contributed by atoms with van der Waals surface area (Å²) >= 11 is 1.66. The number of nitrogens with one attached hydrogen (secondary N) is 2. The van der Waals surface area contributed by atoms with Crippen molar-refractivity contribution in [3.63, 3.8) is 0 Å². The average molecular weight is 307 g/mol. The van der Waals surface area contributed by atoms with Crippen molar-refractivity contribution in [1.82, 2.24) is 10.6 Å². The van der Waals surface area contributed by atoms with E-state index in [1.54, 1.807) is 16.7 Å². The Balaban J connectivity index is 1.96. The zero-order valence-corrected chi connectivity index (χ0v) is 13.2. The van der Waals surface area contributed by atoms with Crippen LogP contribution in [-0.4, -0.2) is 44.8 Å². The minimum absolute atomic E-state index is 0.0145. The summed E-state index contributed by atoms with van der Waals surface area (Å²) in [6.45, 7) is 1.78. The minimum Gasteiger partial charge on any atom is -0.355 e. The van der Waals surface area contributed by atoms with E-state index in [1.165, 1.54) is 0 Å². The lowest BCUT2D eigenvalue weighted by molar-refractivity contribution is -0.126. The Morgan fingerprint density at radius 1 is 1.33 bits per heavy atom. The zero-order chi connectivity index (χ0) is 15.2. The van der Waals surface area contributed by atoms with Crippen molar-refractivity contribution in [2.75, 3.05) is 37.8 Å². The first-order chi connectivity index (χ1) is 10.2. The highest BCUT2D eigenvalue weighted by atomic mass is 32.2. The van der Waals surface area contributed by atoms with Gasteiger partial charge >= 0.3 is 0 Å². The molecule has 114 valence electrons. The van der Waals surface area contributed by atoms with Gasteiger partial charge < -0.3 is 15.5 Å². The molecule has 0 saturated carbocycles. The van der Waals surface area contributed by atoms with E-state index in [4.69, 9.17) is 0 Å². The summed E-state index contributed by atoms with van der Waals surface area (Å²) in [6, 6.07) is 7.86. The topological polar surface area (TPSA) is 61.4 Å². The van der Waals surface area contributed by atoms with Crippen LogP contribution in [0.1, 0.15) is 6.42 Å². The molecule has 0 aliphatic carbocycles. The molecule has 0 spiro atoms. The number of benzene rings is 1. The molecule has 5 nitrogen and oxygen atoms in total. The van der Waals surface area contributed by atoms with Crippen molar-refractivity contribution in [2.45, 2.75) is 11.3 Å². The van der Waals surface area contributed by atoms with Crippen LogP contribution in [0.25, 0.3) is 0 Å². The second kappa shape index (κ2) is 7.47. The van der Waals surface area contributed by atoms with Crippen LogP contribution in [0.3, 0.4) is 0 Å². The van der Waals surface area contributed by atoms with E-state index in [0.717, 1.165) is 17.1 Å². The summed E-state index contributed by atoms with van der Waals surface area (Å²) in [6.07, 6.45) is 2.30. The molecular weight excluding hydrogens is 286 g/mol. The number of anilines is 1. The Hall–Kier alpha value is -1.53. The van der Waals surface area contributed by atoms with Crippen molar-refractivity contribution < 1.29 is 9.59 Å². The largest absolute Gasteiger partial charge is 0.355 e. The fraction of sp³-hybridized carbons (Fsp3) is 0.467. The number of rotatable bonds is 6. The first-order valence-electron chi connectivity index (χ1n) is 7.02. The zero-order valence-electron chi connectivity index (χ0n) is 12.4. The van der Waals surface area contributed by atoms with Crippen LogP contribution in [0.2, 0.25) is 0 Å². The molecule has 2 N–H and O–H groups in total. The Labute approximate surface area is 129 Å². The highest BCUT2D eigenvalue weighted by Gasteiger charge is 2.34. The predicted octanol–water partition coefficient (Wildman–Crippen LogP) is 1.10. The summed E-state index contributed by atoms with van der Waals surface area (Å²) in [4.78, 5) is 27.0. The summed E-state index contributed by atoms with van der Waals surface area (Å²) in [5.41, 5.74) is 0.864. The second-order valence-corrected chi connectivity index (χ2v) is 5.88. The van der Waals surface area contributed by atoms with E-state index >= 15 is 0 Å². The molecule has 0 radical (unpaired) electrons. The molecule has 1 aliphatic rings. The standard InChI is InChI=1S/C15H21N3O2S/c1-16-7-8-17-15(20)11-9-14(19)18(10-11)12-3-5-13(21-2)6-4-12/h3-6,11,16H,7-10H2,1-2H3,(H,17,20). The van der Waals surface area contributed by atoms with Gasteiger partial charge in [0.05, 0.1) is 5.92 Å². The van der Waals surface area contributed by atoms with Crippen molar-refractivity contribution in [2.24, 2.45) is 5.92 Å². The molecule has 1 aliphatic heterocycles. The molecule has 1 atom stereocenters. The Morgan fingerprint density at radius 2 is 2.05 bits per heavy atom. The van der Waals surface area contributed by atoms with E-state index in [0.29, 0.717) is 13.1 Å². The van der Waals surface area contributed by atoms with Crippen LogP contribution >= 0.6 is 11.8 Å². The molecule has 21 heavy (non-hydrogen) atoms. The molecule has 0 aromatic heterocycles.